The van der Waals surface area contributed by atoms with Crippen LogP contribution in [0.15, 0.2) is 41.8 Å². The summed E-state index contributed by atoms with van der Waals surface area (Å²) in [7, 11) is 0. The fourth-order valence-electron chi connectivity index (χ4n) is 2.39. The number of hydrogen-bond donors (Lipinski definition) is 3. The smallest absolute Gasteiger partial charge is 0.312 e. The number of carbonyl (C=O) groups is 2. The molecule has 0 bridgehead atoms. The number of primary amides is 1. The average Bonchev–Trinajstić information content (AvgIpc) is 3.06. The largest absolute Gasteiger partial charge is 0.352 e. The molecule has 4 N–H and O–H groups in total. The lowest BCUT2D eigenvalue weighted by Gasteiger charge is -2.21. The quantitative estimate of drug-likeness (QED) is 0.751. The lowest BCUT2D eigenvalue weighted by Crippen LogP contribution is -2.47. The molecule has 0 saturated heterocycles. The summed E-state index contributed by atoms with van der Waals surface area (Å²) in [5, 5.41) is 7.36. The Morgan fingerprint density at radius 1 is 1.00 bits per heavy atom. The van der Waals surface area contributed by atoms with Crippen LogP contribution in [0.2, 0.25) is 0 Å². The van der Waals surface area contributed by atoms with Gasteiger partial charge in [-0.3, -0.25) is 4.79 Å². The molecule has 6 heteroatoms. The lowest BCUT2D eigenvalue weighted by molar-refractivity contribution is -0.123. The molecule has 0 aliphatic carbocycles. The Bertz CT molecular complexity index is 681. The third-order valence-electron chi connectivity index (χ3n) is 3.80. The third kappa shape index (κ3) is 4.58. The molecule has 0 radical (unpaired) electrons. The van der Waals surface area contributed by atoms with Crippen molar-refractivity contribution in [1.29, 1.82) is 0 Å². The van der Waals surface area contributed by atoms with E-state index in [9.17, 15) is 9.59 Å². The van der Waals surface area contributed by atoms with Crippen molar-refractivity contribution < 1.29 is 9.59 Å². The van der Waals surface area contributed by atoms with Gasteiger partial charge in [-0.25, -0.2) is 4.79 Å². The zero-order chi connectivity index (χ0) is 17.7. The van der Waals surface area contributed by atoms with E-state index < -0.39 is 12.1 Å². The minimum Gasteiger partial charge on any atom is -0.352 e. The van der Waals surface area contributed by atoms with Crippen LogP contribution >= 0.6 is 11.3 Å². The number of rotatable bonds is 6. The van der Waals surface area contributed by atoms with Gasteiger partial charge in [0, 0.05) is 4.88 Å². The van der Waals surface area contributed by atoms with Gasteiger partial charge in [0.15, 0.2) is 0 Å². The first-order chi connectivity index (χ1) is 11.4. The van der Waals surface area contributed by atoms with Crippen molar-refractivity contribution in [2.75, 3.05) is 0 Å². The maximum atomic E-state index is 12.4. The second kappa shape index (κ2) is 7.97. The molecule has 24 heavy (non-hydrogen) atoms. The molecule has 0 saturated carbocycles. The fourth-order valence-corrected chi connectivity index (χ4v) is 3.20. The van der Waals surface area contributed by atoms with Crippen molar-refractivity contribution >= 4 is 23.3 Å². The zero-order valence-electron chi connectivity index (χ0n) is 14.1. The van der Waals surface area contributed by atoms with E-state index in [2.05, 4.69) is 36.6 Å². The molecule has 0 spiro atoms. The molecule has 1 aromatic heterocycles. The molecule has 0 fully saturated rings. The number of hydrogen-bond acceptors (Lipinski definition) is 3. The van der Waals surface area contributed by atoms with Gasteiger partial charge in [-0.2, -0.15) is 0 Å². The first-order valence-corrected chi connectivity index (χ1v) is 8.76. The Labute approximate surface area is 146 Å². The van der Waals surface area contributed by atoms with E-state index in [1.807, 2.05) is 29.6 Å². The molecule has 2 aromatic rings. The second-order valence-electron chi connectivity index (χ2n) is 6.01. The van der Waals surface area contributed by atoms with Crippen LogP contribution in [0.5, 0.6) is 0 Å². The molecule has 5 nitrogen and oxygen atoms in total. The standard InChI is InChI=1S/C18H23N3O2S/c1-11(2)13-6-8-14(9-7-13)16(15-5-4-10-24-15)21-17(22)12(3)20-18(19)23/h4-12,16H,1-3H3,(H,21,22)(H3,19,20,23)/t12-,16-/m0/s1. The topological polar surface area (TPSA) is 84.2 Å². The maximum absolute atomic E-state index is 12.4. The van der Waals surface area contributed by atoms with Crippen molar-refractivity contribution in [3.05, 3.63) is 57.8 Å². The number of nitrogens with one attached hydrogen (secondary N) is 2. The molecule has 0 unspecified atom stereocenters. The molecule has 0 aliphatic rings. The van der Waals surface area contributed by atoms with E-state index >= 15 is 0 Å². The highest BCUT2D eigenvalue weighted by atomic mass is 32.1. The van der Waals surface area contributed by atoms with Crippen molar-refractivity contribution in [1.82, 2.24) is 10.6 Å². The number of carbonyl (C=O) groups excluding carboxylic acids is 2. The minimum atomic E-state index is -0.716. The Morgan fingerprint density at radius 3 is 2.12 bits per heavy atom. The van der Waals surface area contributed by atoms with Gasteiger partial charge >= 0.3 is 6.03 Å². The molecular weight excluding hydrogens is 322 g/mol. The predicted molar refractivity (Wildman–Crippen MR) is 97.0 cm³/mol. The highest BCUT2D eigenvalue weighted by Gasteiger charge is 2.22. The normalized spacial score (nSPS) is 13.3. The maximum Gasteiger partial charge on any atom is 0.312 e. The molecule has 1 aromatic carbocycles. The van der Waals surface area contributed by atoms with Gasteiger partial charge < -0.3 is 16.4 Å². The minimum absolute atomic E-state index is 0.254. The van der Waals surface area contributed by atoms with Crippen LogP contribution in [0.4, 0.5) is 4.79 Å². The van der Waals surface area contributed by atoms with Gasteiger partial charge in [0.05, 0.1) is 6.04 Å². The molecule has 2 rings (SSSR count). The van der Waals surface area contributed by atoms with E-state index in [-0.39, 0.29) is 11.9 Å². The van der Waals surface area contributed by atoms with Crippen LogP contribution in [-0.2, 0) is 4.79 Å². The number of thiophene rings is 1. The van der Waals surface area contributed by atoms with Crippen LogP contribution in [-0.4, -0.2) is 18.0 Å². The monoisotopic (exact) mass is 345 g/mol. The summed E-state index contributed by atoms with van der Waals surface area (Å²) in [5.74, 6) is 0.175. The van der Waals surface area contributed by atoms with E-state index in [4.69, 9.17) is 5.73 Å². The molecular formula is C18H23N3O2S. The van der Waals surface area contributed by atoms with Crippen LogP contribution in [0.1, 0.15) is 48.7 Å². The summed E-state index contributed by atoms with van der Waals surface area (Å²) in [5.41, 5.74) is 7.33. The summed E-state index contributed by atoms with van der Waals surface area (Å²) in [6, 6.07) is 10.5. The molecule has 2 atom stereocenters. The molecule has 0 aliphatic heterocycles. The molecule has 3 amide bonds. The van der Waals surface area contributed by atoms with Gasteiger partial charge in [0.25, 0.3) is 0 Å². The van der Waals surface area contributed by atoms with E-state index in [1.54, 1.807) is 18.3 Å². The van der Waals surface area contributed by atoms with Crippen molar-refractivity contribution in [2.45, 2.75) is 38.8 Å². The van der Waals surface area contributed by atoms with Crippen LogP contribution in [0.25, 0.3) is 0 Å². The lowest BCUT2D eigenvalue weighted by atomic mass is 9.98. The Hall–Kier alpha value is -2.34. The molecule has 1 heterocycles. The van der Waals surface area contributed by atoms with Crippen molar-refractivity contribution in [3.8, 4) is 0 Å². The summed E-state index contributed by atoms with van der Waals surface area (Å²) in [4.78, 5) is 24.3. The predicted octanol–water partition coefficient (Wildman–Crippen LogP) is 3.13. The highest BCUT2D eigenvalue weighted by Crippen LogP contribution is 2.27. The number of urea groups is 1. The van der Waals surface area contributed by atoms with Crippen molar-refractivity contribution in [2.24, 2.45) is 5.73 Å². The Balaban J connectivity index is 2.23. The Morgan fingerprint density at radius 2 is 1.62 bits per heavy atom. The second-order valence-corrected chi connectivity index (χ2v) is 6.99. The van der Waals surface area contributed by atoms with Crippen LogP contribution < -0.4 is 16.4 Å². The number of nitrogens with two attached hydrogens (primary N) is 1. The summed E-state index contributed by atoms with van der Waals surface area (Å²) >= 11 is 1.58. The van der Waals surface area contributed by atoms with Gasteiger partial charge in [-0.1, -0.05) is 44.2 Å². The number of amides is 3. The number of benzene rings is 1. The van der Waals surface area contributed by atoms with Crippen LogP contribution in [0, 0.1) is 0 Å². The van der Waals surface area contributed by atoms with Gasteiger partial charge in [0.2, 0.25) is 5.91 Å². The van der Waals surface area contributed by atoms with E-state index in [1.165, 1.54) is 5.56 Å². The van der Waals surface area contributed by atoms with Crippen molar-refractivity contribution in [3.63, 3.8) is 0 Å². The molecule has 128 valence electrons. The Kier molecular flexibility index (Phi) is 5.98. The van der Waals surface area contributed by atoms with Crippen LogP contribution in [0.3, 0.4) is 0 Å². The van der Waals surface area contributed by atoms with E-state index in [0.717, 1.165) is 10.4 Å². The van der Waals surface area contributed by atoms with Gasteiger partial charge in [-0.05, 0) is 35.4 Å². The summed E-state index contributed by atoms with van der Waals surface area (Å²) in [6.45, 7) is 5.89. The summed E-state index contributed by atoms with van der Waals surface area (Å²) in [6.07, 6.45) is 0. The first-order valence-electron chi connectivity index (χ1n) is 7.88. The summed E-state index contributed by atoms with van der Waals surface area (Å²) < 4.78 is 0. The third-order valence-corrected chi connectivity index (χ3v) is 4.74. The van der Waals surface area contributed by atoms with E-state index in [0.29, 0.717) is 5.92 Å². The fraction of sp³-hybridized carbons (Fsp3) is 0.333. The average molecular weight is 345 g/mol. The van der Waals surface area contributed by atoms with Gasteiger partial charge in [0.1, 0.15) is 6.04 Å². The first kappa shape index (κ1) is 18.0. The van der Waals surface area contributed by atoms with Gasteiger partial charge in [-0.15, -0.1) is 11.3 Å². The highest BCUT2D eigenvalue weighted by molar-refractivity contribution is 7.10. The zero-order valence-corrected chi connectivity index (χ0v) is 14.9. The SMILES string of the molecule is CC(C)c1ccc([C@H](NC(=O)[C@H](C)NC(N)=O)c2cccs2)cc1.